The maximum atomic E-state index is 12.5. The van der Waals surface area contributed by atoms with Crippen LogP contribution in [0.4, 0.5) is 0 Å². The average Bonchev–Trinajstić information content (AvgIpc) is 3.15. The molecule has 2 aromatic rings. The van der Waals surface area contributed by atoms with Gasteiger partial charge >= 0.3 is 0 Å². The quantitative estimate of drug-likeness (QED) is 0.656. The lowest BCUT2D eigenvalue weighted by Gasteiger charge is -2.35. The van der Waals surface area contributed by atoms with Gasteiger partial charge in [0, 0.05) is 37.4 Å². The highest BCUT2D eigenvalue weighted by atomic mass is 16.3. The van der Waals surface area contributed by atoms with Crippen molar-refractivity contribution in [3.63, 3.8) is 0 Å². The number of nitrogens with one attached hydrogen (secondary N) is 2. The fourth-order valence-electron chi connectivity index (χ4n) is 4.95. The van der Waals surface area contributed by atoms with Crippen molar-refractivity contribution in [3.05, 3.63) is 52.8 Å². The van der Waals surface area contributed by atoms with Crippen molar-refractivity contribution in [1.82, 2.24) is 20.4 Å². The number of amides is 1. The first-order chi connectivity index (χ1) is 14.6. The predicted octanol–water partition coefficient (Wildman–Crippen LogP) is 2.63. The van der Waals surface area contributed by atoms with Crippen LogP contribution in [0.3, 0.4) is 0 Å². The molecule has 1 atom stereocenters. The molecule has 0 aliphatic heterocycles. The minimum atomic E-state index is -0.567. The summed E-state index contributed by atoms with van der Waals surface area (Å²) in [5.41, 5.74) is 3.53. The van der Waals surface area contributed by atoms with Crippen LogP contribution in [-0.4, -0.2) is 46.0 Å². The third-order valence-corrected chi connectivity index (χ3v) is 6.75. The zero-order valence-corrected chi connectivity index (χ0v) is 18.0. The zero-order valence-electron chi connectivity index (χ0n) is 18.0. The first kappa shape index (κ1) is 21.1. The second-order valence-corrected chi connectivity index (χ2v) is 8.92. The van der Waals surface area contributed by atoms with Crippen LogP contribution >= 0.6 is 0 Å². The molecule has 6 nitrogen and oxygen atoms in total. The Morgan fingerprint density at radius 1 is 1.23 bits per heavy atom. The Bertz CT molecular complexity index is 856. The minimum absolute atomic E-state index is 0.115. The summed E-state index contributed by atoms with van der Waals surface area (Å²) < 4.78 is 2.04. The van der Waals surface area contributed by atoms with E-state index in [0.29, 0.717) is 12.2 Å². The summed E-state index contributed by atoms with van der Waals surface area (Å²) in [5, 5.41) is 21.9. The number of benzene rings is 1. The highest BCUT2D eigenvalue weighted by Gasteiger charge is 2.32. The number of carbonyl (C=O) groups excluding carboxylic acids is 1. The van der Waals surface area contributed by atoms with Gasteiger partial charge in [0.15, 0.2) is 5.69 Å². The summed E-state index contributed by atoms with van der Waals surface area (Å²) >= 11 is 0. The van der Waals surface area contributed by atoms with Gasteiger partial charge in [0.05, 0.1) is 5.60 Å². The number of aliphatic hydroxyl groups is 1. The summed E-state index contributed by atoms with van der Waals surface area (Å²) in [7, 11) is 1.66. The van der Waals surface area contributed by atoms with E-state index >= 15 is 0 Å². The summed E-state index contributed by atoms with van der Waals surface area (Å²) in [5.74, 6) is -0.115. The number of aryl methyl sites for hydroxylation is 2. The number of fused-ring (bicyclic) bond motifs is 1. The van der Waals surface area contributed by atoms with Crippen LogP contribution in [0.25, 0.3) is 0 Å². The number of carbonyl (C=O) groups is 1. The van der Waals surface area contributed by atoms with Crippen molar-refractivity contribution in [2.75, 3.05) is 13.6 Å². The lowest BCUT2D eigenvalue weighted by molar-refractivity contribution is 0.00227. The lowest BCUT2D eigenvalue weighted by Crippen LogP contribution is -2.47. The van der Waals surface area contributed by atoms with Crippen molar-refractivity contribution in [2.24, 2.45) is 0 Å². The van der Waals surface area contributed by atoms with Crippen molar-refractivity contribution >= 4 is 5.91 Å². The molecule has 1 saturated carbocycles. The standard InChI is InChI=1S/C24H34N4O2/c1-25-23(29)22-20-16-19(26-17-24(30)13-6-3-7-14-24)10-11-21(20)28(27-22)15-12-18-8-4-2-5-9-18/h2,4-5,8-9,19,26,30H,3,6-7,10-17H2,1H3,(H,25,29). The van der Waals surface area contributed by atoms with Gasteiger partial charge in [-0.05, 0) is 44.1 Å². The van der Waals surface area contributed by atoms with E-state index in [4.69, 9.17) is 5.10 Å². The Labute approximate surface area is 179 Å². The maximum Gasteiger partial charge on any atom is 0.271 e. The van der Waals surface area contributed by atoms with Gasteiger partial charge in [-0.25, -0.2) is 0 Å². The Morgan fingerprint density at radius 2 is 2.00 bits per heavy atom. The molecular formula is C24H34N4O2. The van der Waals surface area contributed by atoms with Gasteiger partial charge in [-0.3, -0.25) is 9.48 Å². The highest BCUT2D eigenvalue weighted by molar-refractivity contribution is 5.93. The normalized spacial score (nSPS) is 20.5. The summed E-state index contributed by atoms with van der Waals surface area (Å²) in [6.07, 6.45) is 8.84. The molecule has 1 aromatic heterocycles. The van der Waals surface area contributed by atoms with Crippen molar-refractivity contribution in [1.29, 1.82) is 0 Å². The maximum absolute atomic E-state index is 12.5. The number of hydrogen-bond donors (Lipinski definition) is 3. The number of hydrogen-bond acceptors (Lipinski definition) is 4. The molecular weight excluding hydrogens is 376 g/mol. The van der Waals surface area contributed by atoms with E-state index in [-0.39, 0.29) is 11.9 Å². The summed E-state index contributed by atoms with van der Waals surface area (Å²) in [4.78, 5) is 12.5. The topological polar surface area (TPSA) is 79.2 Å². The van der Waals surface area contributed by atoms with Crippen LogP contribution < -0.4 is 10.6 Å². The number of aromatic nitrogens is 2. The largest absolute Gasteiger partial charge is 0.389 e. The van der Waals surface area contributed by atoms with E-state index in [1.807, 2.05) is 10.7 Å². The molecule has 0 bridgehead atoms. The van der Waals surface area contributed by atoms with Gasteiger partial charge in [-0.1, -0.05) is 49.6 Å². The van der Waals surface area contributed by atoms with Gasteiger partial charge in [-0.2, -0.15) is 5.10 Å². The van der Waals surface area contributed by atoms with E-state index in [1.165, 1.54) is 17.7 Å². The number of nitrogens with zero attached hydrogens (tertiary/aromatic N) is 2. The third kappa shape index (κ3) is 4.76. The van der Waals surface area contributed by atoms with Gasteiger partial charge in [0.2, 0.25) is 0 Å². The Kier molecular flexibility index (Phi) is 6.54. The van der Waals surface area contributed by atoms with Crippen molar-refractivity contribution < 1.29 is 9.90 Å². The summed E-state index contributed by atoms with van der Waals surface area (Å²) in [6.45, 7) is 1.42. The number of rotatable bonds is 7. The second-order valence-electron chi connectivity index (χ2n) is 8.92. The van der Waals surface area contributed by atoms with Crippen LogP contribution in [0, 0.1) is 0 Å². The molecule has 3 N–H and O–H groups in total. The molecule has 0 radical (unpaired) electrons. The molecule has 1 unspecified atom stereocenters. The first-order valence-corrected chi connectivity index (χ1v) is 11.4. The van der Waals surface area contributed by atoms with Crippen LogP contribution in [0.1, 0.15) is 65.8 Å². The highest BCUT2D eigenvalue weighted by Crippen LogP contribution is 2.29. The van der Waals surface area contributed by atoms with Gasteiger partial charge < -0.3 is 15.7 Å². The first-order valence-electron chi connectivity index (χ1n) is 11.4. The second kappa shape index (κ2) is 9.31. The van der Waals surface area contributed by atoms with Crippen LogP contribution in [0.15, 0.2) is 30.3 Å². The Hall–Kier alpha value is -2.18. The molecule has 1 aromatic carbocycles. The van der Waals surface area contributed by atoms with Crippen LogP contribution in [0.2, 0.25) is 0 Å². The molecule has 162 valence electrons. The van der Waals surface area contributed by atoms with Gasteiger partial charge in [0.25, 0.3) is 5.91 Å². The fraction of sp³-hybridized carbons (Fsp3) is 0.583. The van der Waals surface area contributed by atoms with Gasteiger partial charge in [0.1, 0.15) is 0 Å². The Morgan fingerprint density at radius 3 is 2.73 bits per heavy atom. The zero-order chi connectivity index (χ0) is 21.0. The molecule has 1 heterocycles. The molecule has 0 spiro atoms. The SMILES string of the molecule is CNC(=O)c1nn(CCc2ccccc2)c2c1CC(NCC1(O)CCCCC1)CC2. The van der Waals surface area contributed by atoms with E-state index < -0.39 is 5.60 Å². The molecule has 4 rings (SSSR count). The fourth-order valence-corrected chi connectivity index (χ4v) is 4.95. The monoisotopic (exact) mass is 410 g/mol. The molecule has 1 fully saturated rings. The molecule has 2 aliphatic carbocycles. The molecule has 2 aliphatic rings. The predicted molar refractivity (Wildman–Crippen MR) is 118 cm³/mol. The molecule has 1 amide bonds. The van der Waals surface area contributed by atoms with E-state index in [1.54, 1.807) is 7.05 Å². The van der Waals surface area contributed by atoms with Crippen molar-refractivity contribution in [3.8, 4) is 0 Å². The lowest BCUT2D eigenvalue weighted by atomic mass is 9.84. The van der Waals surface area contributed by atoms with Crippen LogP contribution in [0.5, 0.6) is 0 Å². The Balaban J connectivity index is 1.46. The van der Waals surface area contributed by atoms with E-state index in [9.17, 15) is 9.90 Å². The average molecular weight is 411 g/mol. The van der Waals surface area contributed by atoms with Gasteiger partial charge in [-0.15, -0.1) is 0 Å². The molecule has 0 saturated heterocycles. The molecule has 30 heavy (non-hydrogen) atoms. The van der Waals surface area contributed by atoms with E-state index in [0.717, 1.165) is 63.5 Å². The summed E-state index contributed by atoms with van der Waals surface area (Å²) in [6, 6.07) is 10.7. The van der Waals surface area contributed by atoms with Crippen LogP contribution in [-0.2, 0) is 25.8 Å². The minimum Gasteiger partial charge on any atom is -0.389 e. The van der Waals surface area contributed by atoms with Crippen molar-refractivity contribution in [2.45, 2.75) is 76.0 Å². The third-order valence-electron chi connectivity index (χ3n) is 6.75. The van der Waals surface area contributed by atoms with E-state index in [2.05, 4.69) is 34.9 Å². The smallest absolute Gasteiger partial charge is 0.271 e. The molecule has 6 heteroatoms.